The van der Waals surface area contributed by atoms with E-state index in [1.807, 2.05) is 30.3 Å². The van der Waals surface area contributed by atoms with Crippen molar-refractivity contribution in [2.75, 3.05) is 5.32 Å². The fourth-order valence-electron chi connectivity index (χ4n) is 1.87. The second-order valence-electron chi connectivity index (χ2n) is 4.75. The third-order valence-electron chi connectivity index (χ3n) is 3.07. The molecular formula is C16H17FN2O. The predicted octanol–water partition coefficient (Wildman–Crippen LogP) is 2.64. The van der Waals surface area contributed by atoms with Gasteiger partial charge in [0.2, 0.25) is 5.91 Å². The molecule has 20 heavy (non-hydrogen) atoms. The zero-order valence-corrected chi connectivity index (χ0v) is 11.3. The van der Waals surface area contributed by atoms with Crippen molar-refractivity contribution in [1.82, 2.24) is 0 Å². The Balaban J connectivity index is 1.99. The van der Waals surface area contributed by atoms with E-state index in [-0.39, 0.29) is 11.7 Å². The Morgan fingerprint density at radius 2 is 1.95 bits per heavy atom. The molecule has 0 saturated heterocycles. The minimum absolute atomic E-state index is 0.322. The molecule has 2 rings (SSSR count). The normalized spacial score (nSPS) is 11.9. The van der Waals surface area contributed by atoms with Crippen LogP contribution in [0.4, 0.5) is 10.1 Å². The second kappa shape index (κ2) is 6.30. The van der Waals surface area contributed by atoms with Crippen LogP contribution in [0.5, 0.6) is 0 Å². The van der Waals surface area contributed by atoms with Gasteiger partial charge in [-0.25, -0.2) is 4.39 Å². The summed E-state index contributed by atoms with van der Waals surface area (Å²) in [7, 11) is 0. The maximum atomic E-state index is 13.4. The lowest BCUT2D eigenvalue weighted by molar-refractivity contribution is -0.117. The summed E-state index contributed by atoms with van der Waals surface area (Å²) in [4.78, 5) is 12.0. The van der Waals surface area contributed by atoms with Crippen molar-refractivity contribution in [1.29, 1.82) is 0 Å². The number of amides is 1. The highest BCUT2D eigenvalue weighted by molar-refractivity contribution is 5.94. The first-order valence-corrected chi connectivity index (χ1v) is 6.43. The fraction of sp³-hybridized carbons (Fsp3) is 0.188. The monoisotopic (exact) mass is 272 g/mol. The van der Waals surface area contributed by atoms with Crippen LogP contribution in [0.2, 0.25) is 0 Å². The Bertz CT molecular complexity index is 599. The number of hydrogen-bond donors (Lipinski definition) is 2. The van der Waals surface area contributed by atoms with Crippen molar-refractivity contribution in [3.63, 3.8) is 0 Å². The first-order chi connectivity index (χ1) is 9.56. The van der Waals surface area contributed by atoms with E-state index in [9.17, 15) is 9.18 Å². The maximum Gasteiger partial charge on any atom is 0.241 e. The summed E-state index contributed by atoms with van der Waals surface area (Å²) >= 11 is 0. The first kappa shape index (κ1) is 14.2. The van der Waals surface area contributed by atoms with Gasteiger partial charge in [-0.05, 0) is 36.6 Å². The molecule has 0 aliphatic heterocycles. The Morgan fingerprint density at radius 1 is 1.25 bits per heavy atom. The minimum atomic E-state index is -0.665. The molecule has 0 aromatic heterocycles. The van der Waals surface area contributed by atoms with Crippen LogP contribution in [0.1, 0.15) is 11.1 Å². The van der Waals surface area contributed by atoms with Gasteiger partial charge < -0.3 is 11.1 Å². The quantitative estimate of drug-likeness (QED) is 0.899. The van der Waals surface area contributed by atoms with E-state index >= 15 is 0 Å². The molecule has 2 aromatic rings. The molecule has 0 heterocycles. The van der Waals surface area contributed by atoms with Crippen molar-refractivity contribution in [2.24, 2.45) is 5.73 Å². The lowest BCUT2D eigenvalue weighted by Crippen LogP contribution is -2.37. The molecule has 2 aromatic carbocycles. The van der Waals surface area contributed by atoms with Gasteiger partial charge in [-0.15, -0.1) is 0 Å². The Labute approximate surface area is 117 Å². The summed E-state index contributed by atoms with van der Waals surface area (Å²) < 4.78 is 13.4. The van der Waals surface area contributed by atoms with Gasteiger partial charge in [-0.2, -0.15) is 0 Å². The second-order valence-corrected chi connectivity index (χ2v) is 4.75. The molecule has 1 atom stereocenters. The molecule has 1 amide bonds. The van der Waals surface area contributed by atoms with Gasteiger partial charge in [0, 0.05) is 5.69 Å². The average Bonchev–Trinajstić information content (AvgIpc) is 2.44. The van der Waals surface area contributed by atoms with Crippen molar-refractivity contribution >= 4 is 11.6 Å². The molecule has 0 spiro atoms. The third-order valence-corrected chi connectivity index (χ3v) is 3.07. The number of rotatable bonds is 4. The summed E-state index contributed by atoms with van der Waals surface area (Å²) in [5.41, 5.74) is 7.81. The summed E-state index contributed by atoms with van der Waals surface area (Å²) in [5.74, 6) is -0.670. The topological polar surface area (TPSA) is 55.1 Å². The molecule has 0 radical (unpaired) electrons. The van der Waals surface area contributed by atoms with Crippen LogP contribution in [0.25, 0.3) is 0 Å². The van der Waals surface area contributed by atoms with Gasteiger partial charge >= 0.3 is 0 Å². The molecule has 0 aliphatic rings. The first-order valence-electron chi connectivity index (χ1n) is 6.43. The number of nitrogens with two attached hydrogens (primary N) is 1. The number of hydrogen-bond acceptors (Lipinski definition) is 2. The lowest BCUT2D eigenvalue weighted by atomic mass is 10.1. The van der Waals surface area contributed by atoms with Gasteiger partial charge in [-0.3, -0.25) is 4.79 Å². The van der Waals surface area contributed by atoms with Crippen LogP contribution in [-0.2, 0) is 11.2 Å². The van der Waals surface area contributed by atoms with E-state index in [0.29, 0.717) is 17.7 Å². The van der Waals surface area contributed by atoms with Gasteiger partial charge in [0.15, 0.2) is 0 Å². The average molecular weight is 272 g/mol. The van der Waals surface area contributed by atoms with Gasteiger partial charge in [0.05, 0.1) is 6.04 Å². The standard InChI is InChI=1S/C16H17FN2O/c1-11-7-8-13(10-14(11)17)19-16(20)15(18)9-12-5-3-2-4-6-12/h2-8,10,15H,9,18H2,1H3,(H,19,20)/t15-/m0/s1. The van der Waals surface area contributed by atoms with E-state index in [2.05, 4.69) is 5.32 Å². The lowest BCUT2D eigenvalue weighted by Gasteiger charge is -2.12. The number of halogens is 1. The SMILES string of the molecule is Cc1ccc(NC(=O)[C@@H](N)Cc2ccccc2)cc1F. The molecule has 104 valence electrons. The largest absolute Gasteiger partial charge is 0.325 e. The van der Waals surface area contributed by atoms with Crippen LogP contribution in [0.15, 0.2) is 48.5 Å². The molecule has 0 bridgehead atoms. The Kier molecular flexibility index (Phi) is 4.48. The van der Waals surface area contributed by atoms with E-state index in [0.717, 1.165) is 5.56 Å². The summed E-state index contributed by atoms with van der Waals surface area (Å²) in [6.07, 6.45) is 0.445. The van der Waals surface area contributed by atoms with E-state index in [1.54, 1.807) is 19.1 Å². The third kappa shape index (κ3) is 3.65. The van der Waals surface area contributed by atoms with Gasteiger partial charge in [-0.1, -0.05) is 36.4 Å². The fourth-order valence-corrected chi connectivity index (χ4v) is 1.87. The Hall–Kier alpha value is -2.20. The van der Waals surface area contributed by atoms with Gasteiger partial charge in [0.25, 0.3) is 0 Å². The van der Waals surface area contributed by atoms with Crippen molar-refractivity contribution in [3.05, 3.63) is 65.5 Å². The van der Waals surface area contributed by atoms with Crippen LogP contribution in [0, 0.1) is 12.7 Å². The van der Waals surface area contributed by atoms with Crippen LogP contribution in [-0.4, -0.2) is 11.9 Å². The predicted molar refractivity (Wildman–Crippen MR) is 77.9 cm³/mol. The molecule has 0 aliphatic carbocycles. The van der Waals surface area contributed by atoms with Gasteiger partial charge in [0.1, 0.15) is 5.82 Å². The number of aryl methyl sites for hydroxylation is 1. The number of anilines is 1. The number of benzene rings is 2. The summed E-state index contributed by atoms with van der Waals surface area (Å²) in [5, 5.41) is 2.63. The highest BCUT2D eigenvalue weighted by atomic mass is 19.1. The van der Waals surface area contributed by atoms with E-state index in [1.165, 1.54) is 6.07 Å². The molecule has 0 fully saturated rings. The summed E-state index contributed by atoms with van der Waals surface area (Å²) in [6, 6.07) is 13.4. The zero-order valence-electron chi connectivity index (χ0n) is 11.3. The molecular weight excluding hydrogens is 255 g/mol. The van der Waals surface area contributed by atoms with E-state index < -0.39 is 6.04 Å². The molecule has 3 N–H and O–H groups in total. The van der Waals surface area contributed by atoms with Crippen molar-refractivity contribution in [3.8, 4) is 0 Å². The number of carbonyl (C=O) groups is 1. The van der Waals surface area contributed by atoms with Crippen molar-refractivity contribution in [2.45, 2.75) is 19.4 Å². The number of carbonyl (C=O) groups excluding carboxylic acids is 1. The summed E-state index contributed by atoms with van der Waals surface area (Å²) in [6.45, 7) is 1.67. The maximum absolute atomic E-state index is 13.4. The van der Waals surface area contributed by atoms with Crippen LogP contribution in [0.3, 0.4) is 0 Å². The molecule has 3 nitrogen and oxygen atoms in total. The molecule has 0 unspecified atom stereocenters. The smallest absolute Gasteiger partial charge is 0.241 e. The van der Waals surface area contributed by atoms with Crippen LogP contribution >= 0.6 is 0 Å². The highest BCUT2D eigenvalue weighted by Crippen LogP contribution is 2.14. The minimum Gasteiger partial charge on any atom is -0.325 e. The zero-order chi connectivity index (χ0) is 14.5. The number of nitrogens with one attached hydrogen (secondary N) is 1. The molecule has 0 saturated carbocycles. The van der Waals surface area contributed by atoms with Crippen LogP contribution < -0.4 is 11.1 Å². The highest BCUT2D eigenvalue weighted by Gasteiger charge is 2.14. The van der Waals surface area contributed by atoms with Crippen molar-refractivity contribution < 1.29 is 9.18 Å². The van der Waals surface area contributed by atoms with E-state index in [4.69, 9.17) is 5.73 Å². The molecule has 4 heteroatoms. The Morgan fingerprint density at radius 3 is 2.60 bits per heavy atom.